The minimum atomic E-state index is -0.348. The molecule has 1 aromatic rings. The Balaban J connectivity index is 2.09. The number of esters is 1. The first-order chi connectivity index (χ1) is 7.20. The van der Waals surface area contributed by atoms with Crippen LogP contribution in [0, 0.1) is 0 Å². The predicted molar refractivity (Wildman–Crippen MR) is 54.0 cm³/mol. The Bertz CT molecular complexity index is 369. The van der Waals surface area contributed by atoms with Gasteiger partial charge in [-0.05, 0) is 0 Å². The highest BCUT2D eigenvalue weighted by atomic mass is 16.5. The van der Waals surface area contributed by atoms with Crippen LogP contribution in [0.15, 0.2) is 12.3 Å². The number of hydrogen-bond acceptors (Lipinski definition) is 4. The quantitative estimate of drug-likeness (QED) is 0.722. The highest BCUT2D eigenvalue weighted by Crippen LogP contribution is 2.18. The van der Waals surface area contributed by atoms with Gasteiger partial charge in [-0.1, -0.05) is 0 Å². The molecule has 0 atom stereocenters. The summed E-state index contributed by atoms with van der Waals surface area (Å²) in [5.41, 5.74) is 0.500. The van der Waals surface area contributed by atoms with Crippen LogP contribution < -0.4 is 10.1 Å². The van der Waals surface area contributed by atoms with Crippen LogP contribution in [0.3, 0.4) is 0 Å². The van der Waals surface area contributed by atoms with Crippen LogP contribution in [0.1, 0.15) is 10.5 Å². The highest BCUT2D eigenvalue weighted by Gasteiger charge is 2.20. The molecule has 82 valence electrons. The van der Waals surface area contributed by atoms with Crippen molar-refractivity contribution in [3.05, 3.63) is 18.0 Å². The average Bonchev–Trinajstić information content (AvgIpc) is 2.52. The van der Waals surface area contributed by atoms with E-state index in [1.54, 1.807) is 23.9 Å². The maximum atomic E-state index is 11.3. The van der Waals surface area contributed by atoms with Crippen molar-refractivity contribution in [2.24, 2.45) is 7.05 Å². The maximum absolute atomic E-state index is 11.3. The van der Waals surface area contributed by atoms with Crippen molar-refractivity contribution in [1.82, 2.24) is 9.88 Å². The lowest BCUT2D eigenvalue weighted by molar-refractivity contribution is 0.0589. The first-order valence-corrected chi connectivity index (χ1v) is 4.82. The van der Waals surface area contributed by atoms with E-state index in [-0.39, 0.29) is 12.1 Å². The lowest BCUT2D eigenvalue weighted by Crippen LogP contribution is -2.50. The van der Waals surface area contributed by atoms with Crippen molar-refractivity contribution in [2.45, 2.75) is 6.10 Å². The van der Waals surface area contributed by atoms with Gasteiger partial charge in [-0.2, -0.15) is 0 Å². The lowest BCUT2D eigenvalue weighted by Gasteiger charge is -2.27. The number of carbonyl (C=O) groups excluding carboxylic acids is 1. The van der Waals surface area contributed by atoms with Crippen LogP contribution in [-0.4, -0.2) is 36.8 Å². The molecule has 5 nitrogen and oxygen atoms in total. The molecule has 2 heterocycles. The predicted octanol–water partition coefficient (Wildman–Crippen LogP) is 0.162. The van der Waals surface area contributed by atoms with Crippen LogP contribution >= 0.6 is 0 Å². The van der Waals surface area contributed by atoms with Crippen LogP contribution in [0.25, 0.3) is 0 Å². The largest absolute Gasteiger partial charge is 0.486 e. The second-order valence-corrected chi connectivity index (χ2v) is 3.56. The Morgan fingerprint density at radius 2 is 2.33 bits per heavy atom. The van der Waals surface area contributed by atoms with Gasteiger partial charge in [0.2, 0.25) is 0 Å². The molecule has 0 radical (unpaired) electrons. The van der Waals surface area contributed by atoms with Crippen molar-refractivity contribution < 1.29 is 14.3 Å². The molecule has 1 saturated heterocycles. The third-order valence-corrected chi connectivity index (χ3v) is 2.42. The number of carbonyl (C=O) groups is 1. The van der Waals surface area contributed by atoms with E-state index in [0.29, 0.717) is 11.4 Å². The van der Waals surface area contributed by atoms with Gasteiger partial charge in [-0.25, -0.2) is 4.79 Å². The number of methoxy groups -OCH3 is 1. The number of rotatable bonds is 3. The molecule has 1 aliphatic rings. The summed E-state index contributed by atoms with van der Waals surface area (Å²) in [6.07, 6.45) is 2.00. The van der Waals surface area contributed by atoms with Crippen LogP contribution in [-0.2, 0) is 11.8 Å². The van der Waals surface area contributed by atoms with Gasteiger partial charge >= 0.3 is 5.97 Å². The zero-order valence-electron chi connectivity index (χ0n) is 8.82. The van der Waals surface area contributed by atoms with Gasteiger partial charge in [0.25, 0.3) is 0 Å². The molecular weight excluding hydrogens is 196 g/mol. The molecule has 0 aromatic carbocycles. The fourth-order valence-corrected chi connectivity index (χ4v) is 1.44. The molecule has 1 aromatic heterocycles. The topological polar surface area (TPSA) is 52.5 Å². The van der Waals surface area contributed by atoms with E-state index >= 15 is 0 Å². The summed E-state index contributed by atoms with van der Waals surface area (Å²) in [6, 6.07) is 1.70. The molecular formula is C10H14N2O3. The van der Waals surface area contributed by atoms with Gasteiger partial charge in [0, 0.05) is 32.4 Å². The van der Waals surface area contributed by atoms with E-state index in [0.717, 1.165) is 13.1 Å². The Morgan fingerprint density at radius 1 is 1.60 bits per heavy atom. The third kappa shape index (κ3) is 1.97. The molecule has 0 saturated carbocycles. The molecule has 0 unspecified atom stereocenters. The Hall–Kier alpha value is -1.49. The summed E-state index contributed by atoms with van der Waals surface area (Å²) in [6.45, 7) is 1.73. The first-order valence-electron chi connectivity index (χ1n) is 4.82. The molecule has 1 aliphatic heterocycles. The van der Waals surface area contributed by atoms with Crippen LogP contribution in [0.2, 0.25) is 0 Å². The van der Waals surface area contributed by atoms with E-state index < -0.39 is 0 Å². The van der Waals surface area contributed by atoms with Gasteiger partial charge in [0.05, 0.1) is 7.11 Å². The zero-order chi connectivity index (χ0) is 10.8. The molecule has 0 bridgehead atoms. The minimum Gasteiger partial charge on any atom is -0.486 e. The first kappa shape index (κ1) is 10.0. The molecule has 1 N–H and O–H groups in total. The highest BCUT2D eigenvalue weighted by molar-refractivity contribution is 5.88. The summed E-state index contributed by atoms with van der Waals surface area (Å²) in [5, 5.41) is 3.11. The van der Waals surface area contributed by atoms with Gasteiger partial charge < -0.3 is 19.4 Å². The minimum absolute atomic E-state index is 0.220. The summed E-state index contributed by atoms with van der Waals surface area (Å²) in [7, 11) is 3.16. The lowest BCUT2D eigenvalue weighted by atomic mass is 10.2. The number of aromatic nitrogens is 1. The van der Waals surface area contributed by atoms with Gasteiger partial charge in [-0.3, -0.25) is 0 Å². The van der Waals surface area contributed by atoms with E-state index in [2.05, 4.69) is 10.1 Å². The Morgan fingerprint density at radius 3 is 2.87 bits per heavy atom. The van der Waals surface area contributed by atoms with Crippen molar-refractivity contribution in [3.63, 3.8) is 0 Å². The van der Waals surface area contributed by atoms with Crippen LogP contribution in [0.5, 0.6) is 5.75 Å². The standard InChI is InChI=1S/C10H14N2O3/c1-12-6-7(15-8-4-11-5-8)3-9(12)10(13)14-2/h3,6,8,11H,4-5H2,1-2H3. The second-order valence-electron chi connectivity index (χ2n) is 3.56. The fourth-order valence-electron chi connectivity index (χ4n) is 1.44. The van der Waals surface area contributed by atoms with E-state index in [1.165, 1.54) is 7.11 Å². The second kappa shape index (κ2) is 3.94. The fraction of sp³-hybridized carbons (Fsp3) is 0.500. The average molecular weight is 210 g/mol. The van der Waals surface area contributed by atoms with E-state index in [9.17, 15) is 4.79 Å². The molecule has 0 spiro atoms. The Labute approximate surface area is 88.0 Å². The summed E-state index contributed by atoms with van der Waals surface area (Å²) in [5.74, 6) is 0.364. The monoisotopic (exact) mass is 210 g/mol. The smallest absolute Gasteiger partial charge is 0.354 e. The molecule has 5 heteroatoms. The van der Waals surface area contributed by atoms with E-state index in [4.69, 9.17) is 4.74 Å². The number of ether oxygens (including phenoxy) is 2. The zero-order valence-corrected chi connectivity index (χ0v) is 8.82. The molecule has 0 amide bonds. The molecule has 15 heavy (non-hydrogen) atoms. The van der Waals surface area contributed by atoms with Crippen molar-refractivity contribution >= 4 is 5.97 Å². The van der Waals surface area contributed by atoms with Gasteiger partial charge in [0.1, 0.15) is 17.5 Å². The van der Waals surface area contributed by atoms with Crippen molar-refractivity contribution in [3.8, 4) is 5.75 Å². The number of nitrogens with one attached hydrogen (secondary N) is 1. The Kier molecular flexibility index (Phi) is 2.64. The molecule has 2 rings (SSSR count). The summed E-state index contributed by atoms with van der Waals surface area (Å²) >= 11 is 0. The third-order valence-electron chi connectivity index (χ3n) is 2.42. The SMILES string of the molecule is COC(=O)c1cc(OC2CNC2)cn1C. The number of nitrogens with zero attached hydrogens (tertiary/aromatic N) is 1. The van der Waals surface area contributed by atoms with Gasteiger partial charge in [0.15, 0.2) is 0 Å². The normalized spacial score (nSPS) is 15.9. The van der Waals surface area contributed by atoms with Crippen LogP contribution in [0.4, 0.5) is 0 Å². The van der Waals surface area contributed by atoms with Crippen molar-refractivity contribution in [1.29, 1.82) is 0 Å². The summed E-state index contributed by atoms with van der Waals surface area (Å²) < 4.78 is 12.0. The van der Waals surface area contributed by atoms with Gasteiger partial charge in [-0.15, -0.1) is 0 Å². The maximum Gasteiger partial charge on any atom is 0.354 e. The molecule has 0 aliphatic carbocycles. The number of hydrogen-bond donors (Lipinski definition) is 1. The summed E-state index contributed by atoms with van der Waals surface area (Å²) in [4.78, 5) is 11.3. The number of aryl methyl sites for hydroxylation is 1. The molecule has 1 fully saturated rings. The van der Waals surface area contributed by atoms with E-state index in [1.807, 2.05) is 0 Å². The van der Waals surface area contributed by atoms with Crippen molar-refractivity contribution in [2.75, 3.05) is 20.2 Å².